The molecular weight excluding hydrogens is 409 g/mol. The van der Waals surface area contributed by atoms with Gasteiger partial charge in [-0.25, -0.2) is 0 Å². The second kappa shape index (κ2) is 11.8. The largest absolute Gasteiger partial charge is 2.00 e. The molecule has 0 aromatic rings. The molecule has 101 valence electrons. The van der Waals surface area contributed by atoms with E-state index in [1.807, 2.05) is 0 Å². The number of rotatable bonds is 0. The molecule has 2 N–H and O–H groups in total. The second-order valence-electron chi connectivity index (χ2n) is 1.26. The fraction of sp³-hybridized carbons (Fsp3) is 0. The minimum Gasteiger partial charge on any atom is -0.759 e. The molecule has 0 aliphatic rings. The third-order valence-electron chi connectivity index (χ3n) is 0. The summed E-state index contributed by atoms with van der Waals surface area (Å²) in [5.41, 5.74) is 0. The van der Waals surface area contributed by atoms with Crippen LogP contribution in [0.5, 0.6) is 0 Å². The molecule has 0 saturated carbocycles. The molecule has 0 atom stereocenters. The van der Waals surface area contributed by atoms with Crippen molar-refractivity contribution in [3.05, 3.63) is 0 Å². The fourth-order valence-corrected chi connectivity index (χ4v) is 0. The molecule has 0 bridgehead atoms. The predicted molar refractivity (Wildman–Crippen MR) is 35.1 cm³/mol. The van der Waals surface area contributed by atoms with E-state index < -0.39 is 31.2 Å². The van der Waals surface area contributed by atoms with E-state index in [0.29, 0.717) is 0 Å². The summed E-state index contributed by atoms with van der Waals surface area (Å²) in [6.07, 6.45) is 0. The van der Waals surface area contributed by atoms with Gasteiger partial charge in [-0.1, -0.05) is 0 Å². The van der Waals surface area contributed by atoms with Crippen LogP contribution >= 0.6 is 0 Å². The maximum atomic E-state index is 8.74. The quantitative estimate of drug-likeness (QED) is 0.226. The van der Waals surface area contributed by atoms with Crippen molar-refractivity contribution in [1.82, 2.24) is 0 Å². The standard InChI is InChI=1S/Mn.3H2O4S.Zn/c;3*1-5(2,3)4;/h;3*(H2,1,2,3,4);/q+2;;;;+2/p-4. The first kappa shape index (κ1) is 30.6. The average molecular weight is 411 g/mol. The van der Waals surface area contributed by atoms with E-state index in [-0.39, 0.29) is 36.5 Å². The van der Waals surface area contributed by atoms with Gasteiger partial charge in [-0.15, -0.1) is 0 Å². The Balaban J connectivity index is -0.0000000400. The van der Waals surface area contributed by atoms with E-state index in [9.17, 15) is 0 Å². The van der Waals surface area contributed by atoms with Crippen LogP contribution in [0.1, 0.15) is 0 Å². The summed E-state index contributed by atoms with van der Waals surface area (Å²) < 4.78 is 99.7. The Hall–Kier alpha value is 0.753. The third-order valence-corrected chi connectivity index (χ3v) is 0. The predicted octanol–water partition coefficient (Wildman–Crippen LogP) is -3.33. The molecule has 17 heavy (non-hydrogen) atoms. The van der Waals surface area contributed by atoms with Crippen LogP contribution in [0.3, 0.4) is 0 Å². The Morgan fingerprint density at radius 3 is 0.647 bits per heavy atom. The van der Waals surface area contributed by atoms with Gasteiger partial charge in [-0.2, -0.15) is 8.42 Å². The van der Waals surface area contributed by atoms with E-state index in [1.165, 1.54) is 0 Å². The Labute approximate surface area is 120 Å². The van der Waals surface area contributed by atoms with Gasteiger partial charge in [0.15, 0.2) is 0 Å². The first-order valence-corrected chi connectivity index (χ1v) is 6.10. The minimum absolute atomic E-state index is 0. The van der Waals surface area contributed by atoms with Gasteiger partial charge in [0.05, 0.1) is 0 Å². The Bertz CT molecular complexity index is 343. The molecule has 12 nitrogen and oxygen atoms in total. The van der Waals surface area contributed by atoms with Gasteiger partial charge in [-0.05, 0) is 0 Å². The van der Waals surface area contributed by atoms with Crippen LogP contribution in [-0.4, -0.2) is 52.6 Å². The van der Waals surface area contributed by atoms with Crippen LogP contribution in [0, 0.1) is 0 Å². The average Bonchev–Trinajstić information content (AvgIpc) is 1.41. The van der Waals surface area contributed by atoms with Crippen molar-refractivity contribution in [2.24, 2.45) is 0 Å². The van der Waals surface area contributed by atoms with E-state index in [0.717, 1.165) is 0 Å². The summed E-state index contributed by atoms with van der Waals surface area (Å²) >= 11 is 0. The van der Waals surface area contributed by atoms with Gasteiger partial charge in [0, 0.05) is 20.8 Å². The molecule has 0 rings (SSSR count). The summed E-state index contributed by atoms with van der Waals surface area (Å²) in [6.45, 7) is 0. The molecule has 1 radical (unpaired) electrons. The SMILES string of the molecule is O=S(=O)(O)O.O=S(=O)([O-])[O-].O=S(=O)([O-])[O-].[Mn+2].[Zn+2]. The van der Waals surface area contributed by atoms with Crippen molar-refractivity contribution in [2.75, 3.05) is 0 Å². The zero-order valence-corrected chi connectivity index (χ0v) is 13.9. The van der Waals surface area contributed by atoms with Crippen LogP contribution in [0.25, 0.3) is 0 Å². The molecule has 0 amide bonds. The molecule has 0 unspecified atom stereocenters. The van der Waals surface area contributed by atoms with Gasteiger partial charge in [-0.3, -0.25) is 25.9 Å². The first-order chi connectivity index (χ1) is 6.00. The Morgan fingerprint density at radius 2 is 0.647 bits per heavy atom. The minimum atomic E-state index is -5.17. The molecule has 0 aliphatic heterocycles. The van der Waals surface area contributed by atoms with Gasteiger partial charge in [0.1, 0.15) is 0 Å². The molecular formula is H2MnO12S3Zn. The summed E-state index contributed by atoms with van der Waals surface area (Å²) in [6, 6.07) is 0. The van der Waals surface area contributed by atoms with Crippen molar-refractivity contribution < 1.29 is 89.1 Å². The monoisotopic (exact) mass is 409 g/mol. The molecule has 0 saturated heterocycles. The molecule has 0 fully saturated rings. The van der Waals surface area contributed by atoms with Crippen LogP contribution in [-0.2, 0) is 67.7 Å². The van der Waals surface area contributed by atoms with Crippen LogP contribution in [0.4, 0.5) is 0 Å². The summed E-state index contributed by atoms with van der Waals surface area (Å²) in [4.78, 5) is 0. The summed E-state index contributed by atoms with van der Waals surface area (Å²) in [5.74, 6) is 0. The van der Waals surface area contributed by atoms with Crippen molar-refractivity contribution >= 4 is 31.2 Å². The van der Waals surface area contributed by atoms with Gasteiger partial charge >= 0.3 is 46.9 Å². The van der Waals surface area contributed by atoms with Crippen molar-refractivity contribution in [3.8, 4) is 0 Å². The van der Waals surface area contributed by atoms with Gasteiger partial charge < -0.3 is 18.2 Å². The molecule has 0 heterocycles. The molecule has 0 aromatic heterocycles. The normalized spacial score (nSPS) is 10.2. The fourth-order valence-electron chi connectivity index (χ4n) is 0. The van der Waals surface area contributed by atoms with Crippen LogP contribution in [0.2, 0.25) is 0 Å². The Kier molecular flexibility index (Phi) is 21.3. The Morgan fingerprint density at radius 1 is 0.647 bits per heavy atom. The smallest absolute Gasteiger partial charge is 0.759 e. The second-order valence-corrected chi connectivity index (χ2v) is 3.79. The summed E-state index contributed by atoms with van der Waals surface area (Å²) in [7, 11) is -15.0. The molecule has 0 spiro atoms. The maximum Gasteiger partial charge on any atom is 2.00 e. The van der Waals surface area contributed by atoms with Gasteiger partial charge in [0.25, 0.3) is 0 Å². The maximum absolute atomic E-state index is 8.74. The first-order valence-electron chi connectivity index (χ1n) is 2.03. The third kappa shape index (κ3) is 6430. The summed E-state index contributed by atoms with van der Waals surface area (Å²) in [5, 5.41) is 0. The zero-order valence-electron chi connectivity index (χ0n) is 7.29. The molecule has 17 heteroatoms. The van der Waals surface area contributed by atoms with Crippen molar-refractivity contribution in [2.45, 2.75) is 0 Å². The van der Waals surface area contributed by atoms with Crippen LogP contribution in [0.15, 0.2) is 0 Å². The van der Waals surface area contributed by atoms with Gasteiger partial charge in [0.2, 0.25) is 0 Å². The topological polar surface area (TPSA) is 235 Å². The number of hydrogen-bond donors (Lipinski definition) is 2. The van der Waals surface area contributed by atoms with E-state index >= 15 is 0 Å². The zero-order chi connectivity index (χ0) is 13.5. The van der Waals surface area contributed by atoms with Crippen LogP contribution < -0.4 is 0 Å². The van der Waals surface area contributed by atoms with Crippen molar-refractivity contribution in [3.63, 3.8) is 0 Å². The van der Waals surface area contributed by atoms with E-state index in [1.54, 1.807) is 0 Å². The number of hydrogen-bond acceptors (Lipinski definition) is 10. The van der Waals surface area contributed by atoms with E-state index in [2.05, 4.69) is 0 Å². The van der Waals surface area contributed by atoms with E-state index in [4.69, 9.17) is 52.6 Å². The molecule has 0 aliphatic carbocycles. The van der Waals surface area contributed by atoms with Crippen molar-refractivity contribution in [1.29, 1.82) is 0 Å². The molecule has 0 aromatic carbocycles.